The van der Waals surface area contributed by atoms with Crippen LogP contribution in [0.4, 0.5) is 10.5 Å². The number of aryl methyl sites for hydroxylation is 2. The fraction of sp³-hybridized carbons (Fsp3) is 0.550. The maximum Gasteiger partial charge on any atom is 0.319 e. The Bertz CT molecular complexity index is 579. The predicted octanol–water partition coefficient (Wildman–Crippen LogP) is 4.00. The fourth-order valence-corrected chi connectivity index (χ4v) is 4.44. The van der Waals surface area contributed by atoms with Crippen molar-refractivity contribution in [1.82, 2.24) is 10.2 Å². The number of fused-ring (bicyclic) bond motifs is 2. The zero-order valence-electron chi connectivity index (χ0n) is 14.8. The predicted molar refractivity (Wildman–Crippen MR) is 99.4 cm³/mol. The average molecular weight is 327 g/mol. The van der Waals surface area contributed by atoms with Gasteiger partial charge in [0.2, 0.25) is 0 Å². The zero-order chi connectivity index (χ0) is 17.1. The first kappa shape index (κ1) is 17.0. The number of hydrogen-bond donors (Lipinski definition) is 2. The standard InChI is InChI=1S/C20H29N3O/c1-4-8-23-18-6-5-7-19(23)13-17(12-18)22-20(24)21-16-10-14(2)9-15(3)11-16/h4,9-11,17-19H,1,5-8,12-13H2,2-3H3,(H2,21,22,24)/t18-,19-/m0/s1. The van der Waals surface area contributed by atoms with Gasteiger partial charge >= 0.3 is 6.03 Å². The largest absolute Gasteiger partial charge is 0.335 e. The summed E-state index contributed by atoms with van der Waals surface area (Å²) < 4.78 is 0. The van der Waals surface area contributed by atoms with Gasteiger partial charge in [-0.3, -0.25) is 4.90 Å². The van der Waals surface area contributed by atoms with E-state index < -0.39 is 0 Å². The van der Waals surface area contributed by atoms with Crippen molar-refractivity contribution in [2.24, 2.45) is 0 Å². The average Bonchev–Trinajstić information content (AvgIpc) is 2.47. The van der Waals surface area contributed by atoms with E-state index in [1.54, 1.807) is 0 Å². The van der Waals surface area contributed by atoms with Gasteiger partial charge in [-0.1, -0.05) is 18.6 Å². The molecule has 0 unspecified atom stereocenters. The molecule has 0 aromatic heterocycles. The normalized spacial score (nSPS) is 26.7. The molecule has 0 aliphatic carbocycles. The molecular weight excluding hydrogens is 298 g/mol. The van der Waals surface area contributed by atoms with E-state index in [0.717, 1.165) is 36.2 Å². The molecular formula is C20H29N3O. The molecule has 4 heteroatoms. The van der Waals surface area contributed by atoms with Crippen LogP contribution in [0, 0.1) is 13.8 Å². The van der Waals surface area contributed by atoms with Crippen LogP contribution in [0.5, 0.6) is 0 Å². The summed E-state index contributed by atoms with van der Waals surface area (Å²) in [5.41, 5.74) is 3.20. The molecule has 2 atom stereocenters. The molecule has 2 saturated heterocycles. The summed E-state index contributed by atoms with van der Waals surface area (Å²) in [5.74, 6) is 0. The van der Waals surface area contributed by atoms with Crippen molar-refractivity contribution >= 4 is 11.7 Å². The molecule has 1 aromatic rings. The van der Waals surface area contributed by atoms with Crippen LogP contribution in [0.3, 0.4) is 0 Å². The molecule has 130 valence electrons. The van der Waals surface area contributed by atoms with Gasteiger partial charge in [-0.05, 0) is 62.8 Å². The number of hydrogen-bond acceptors (Lipinski definition) is 2. The van der Waals surface area contributed by atoms with E-state index in [9.17, 15) is 4.79 Å². The SMILES string of the molecule is C=CCN1[C@H]2CCC[C@H]1CC(NC(=O)Nc1cc(C)cc(C)c1)C2. The van der Waals surface area contributed by atoms with Crippen LogP contribution in [0.1, 0.15) is 43.2 Å². The molecule has 4 nitrogen and oxygen atoms in total. The maximum absolute atomic E-state index is 12.4. The first-order valence-electron chi connectivity index (χ1n) is 9.07. The summed E-state index contributed by atoms with van der Waals surface area (Å²) in [6.45, 7) is 8.95. The number of benzene rings is 1. The van der Waals surface area contributed by atoms with Crippen LogP contribution < -0.4 is 10.6 Å². The molecule has 2 fully saturated rings. The number of amides is 2. The smallest absolute Gasteiger partial charge is 0.319 e. The second-order valence-electron chi connectivity index (χ2n) is 7.37. The Morgan fingerprint density at radius 2 is 1.83 bits per heavy atom. The van der Waals surface area contributed by atoms with Crippen molar-refractivity contribution < 1.29 is 4.79 Å². The van der Waals surface area contributed by atoms with E-state index in [0.29, 0.717) is 12.1 Å². The molecule has 2 aliphatic rings. The van der Waals surface area contributed by atoms with Crippen LogP contribution in [-0.2, 0) is 0 Å². The van der Waals surface area contributed by atoms with Crippen LogP contribution in [0.2, 0.25) is 0 Å². The van der Waals surface area contributed by atoms with Gasteiger partial charge in [-0.25, -0.2) is 4.79 Å². The molecule has 0 radical (unpaired) electrons. The second-order valence-corrected chi connectivity index (χ2v) is 7.37. The molecule has 0 saturated carbocycles. The van der Waals surface area contributed by atoms with Gasteiger partial charge < -0.3 is 10.6 Å². The Labute approximate surface area is 145 Å². The summed E-state index contributed by atoms with van der Waals surface area (Å²) in [6.07, 6.45) is 7.88. The lowest BCUT2D eigenvalue weighted by molar-refractivity contribution is 0.0375. The highest BCUT2D eigenvalue weighted by atomic mass is 16.2. The van der Waals surface area contributed by atoms with Gasteiger partial charge in [-0.2, -0.15) is 0 Å². The van der Waals surface area contributed by atoms with Crippen molar-refractivity contribution in [3.8, 4) is 0 Å². The number of anilines is 1. The van der Waals surface area contributed by atoms with E-state index >= 15 is 0 Å². The number of piperidine rings is 2. The molecule has 24 heavy (non-hydrogen) atoms. The number of nitrogens with zero attached hydrogens (tertiary/aromatic N) is 1. The Morgan fingerprint density at radius 3 is 2.42 bits per heavy atom. The number of nitrogens with one attached hydrogen (secondary N) is 2. The zero-order valence-corrected chi connectivity index (χ0v) is 14.8. The first-order valence-corrected chi connectivity index (χ1v) is 9.07. The molecule has 2 amide bonds. The molecule has 3 rings (SSSR count). The minimum Gasteiger partial charge on any atom is -0.335 e. The van der Waals surface area contributed by atoms with Gasteiger partial charge in [-0.15, -0.1) is 6.58 Å². The quantitative estimate of drug-likeness (QED) is 0.821. The molecule has 1 aromatic carbocycles. The lowest BCUT2D eigenvalue weighted by Crippen LogP contribution is -2.57. The van der Waals surface area contributed by atoms with Crippen molar-refractivity contribution in [1.29, 1.82) is 0 Å². The Kier molecular flexibility index (Phi) is 5.24. The highest BCUT2D eigenvalue weighted by Crippen LogP contribution is 2.33. The number of urea groups is 1. The fourth-order valence-electron chi connectivity index (χ4n) is 4.44. The molecule has 2 bridgehead atoms. The monoisotopic (exact) mass is 327 g/mol. The van der Waals surface area contributed by atoms with Crippen LogP contribution in [0.15, 0.2) is 30.9 Å². The Balaban J connectivity index is 1.58. The Morgan fingerprint density at radius 1 is 1.21 bits per heavy atom. The van der Waals surface area contributed by atoms with Gasteiger partial charge in [0.15, 0.2) is 0 Å². The van der Waals surface area contributed by atoms with Gasteiger partial charge in [0.25, 0.3) is 0 Å². The molecule has 2 aliphatic heterocycles. The molecule has 0 spiro atoms. The van der Waals surface area contributed by atoms with Crippen molar-refractivity contribution in [3.05, 3.63) is 42.0 Å². The number of carbonyl (C=O) groups is 1. The number of carbonyl (C=O) groups excluding carboxylic acids is 1. The maximum atomic E-state index is 12.4. The van der Waals surface area contributed by atoms with Crippen molar-refractivity contribution in [2.45, 2.75) is 64.1 Å². The van der Waals surface area contributed by atoms with Gasteiger partial charge in [0.1, 0.15) is 0 Å². The highest BCUT2D eigenvalue weighted by Gasteiger charge is 2.37. The summed E-state index contributed by atoms with van der Waals surface area (Å²) in [6, 6.07) is 7.48. The minimum absolute atomic E-state index is 0.0831. The van der Waals surface area contributed by atoms with E-state index in [-0.39, 0.29) is 12.1 Å². The topological polar surface area (TPSA) is 44.4 Å². The third-order valence-corrected chi connectivity index (χ3v) is 5.28. The molecule has 2 N–H and O–H groups in total. The summed E-state index contributed by atoms with van der Waals surface area (Å²) in [7, 11) is 0. The van der Waals surface area contributed by atoms with E-state index in [4.69, 9.17) is 0 Å². The summed E-state index contributed by atoms with van der Waals surface area (Å²) in [5, 5.41) is 6.19. The molecule has 2 heterocycles. The number of rotatable bonds is 4. The van der Waals surface area contributed by atoms with Crippen molar-refractivity contribution in [2.75, 3.05) is 11.9 Å². The third-order valence-electron chi connectivity index (χ3n) is 5.28. The Hall–Kier alpha value is -1.81. The highest BCUT2D eigenvalue weighted by molar-refractivity contribution is 5.89. The van der Waals surface area contributed by atoms with Gasteiger partial charge in [0, 0.05) is 30.4 Å². The lowest BCUT2D eigenvalue weighted by Gasteiger charge is -2.48. The first-order chi connectivity index (χ1) is 11.5. The minimum atomic E-state index is -0.0831. The summed E-state index contributed by atoms with van der Waals surface area (Å²) in [4.78, 5) is 15.0. The second kappa shape index (κ2) is 7.39. The van der Waals surface area contributed by atoms with E-state index in [1.807, 2.05) is 32.1 Å². The van der Waals surface area contributed by atoms with E-state index in [1.165, 1.54) is 19.3 Å². The lowest BCUT2D eigenvalue weighted by atomic mass is 9.82. The van der Waals surface area contributed by atoms with Crippen molar-refractivity contribution in [3.63, 3.8) is 0 Å². The van der Waals surface area contributed by atoms with Crippen LogP contribution >= 0.6 is 0 Å². The van der Waals surface area contributed by atoms with E-state index in [2.05, 4.69) is 28.2 Å². The third kappa shape index (κ3) is 3.99. The van der Waals surface area contributed by atoms with Crippen LogP contribution in [-0.4, -0.2) is 35.6 Å². The van der Waals surface area contributed by atoms with Gasteiger partial charge in [0.05, 0.1) is 0 Å². The summed E-state index contributed by atoms with van der Waals surface area (Å²) >= 11 is 0. The van der Waals surface area contributed by atoms with Crippen LogP contribution in [0.25, 0.3) is 0 Å².